The molecule has 0 saturated carbocycles. The molecule has 3 aromatic rings. The van der Waals surface area contributed by atoms with Crippen LogP contribution in [0.5, 0.6) is 5.75 Å². The number of nitrogens with one attached hydrogen (secondary N) is 1. The number of benzene rings is 1. The highest BCUT2D eigenvalue weighted by Gasteiger charge is 2.15. The van der Waals surface area contributed by atoms with Crippen molar-refractivity contribution in [1.29, 1.82) is 0 Å². The highest BCUT2D eigenvalue weighted by atomic mass is 32.2. The minimum Gasteiger partial charge on any atom is -0.485 e. The van der Waals surface area contributed by atoms with Gasteiger partial charge in [0.25, 0.3) is 0 Å². The lowest BCUT2D eigenvalue weighted by Crippen LogP contribution is -2.15. The largest absolute Gasteiger partial charge is 0.485 e. The third kappa shape index (κ3) is 6.38. The summed E-state index contributed by atoms with van der Waals surface area (Å²) in [5.41, 5.74) is 2.19. The number of hydrogen-bond acceptors (Lipinski definition) is 8. The third-order valence-corrected chi connectivity index (χ3v) is 6.18. The van der Waals surface area contributed by atoms with Crippen LogP contribution in [0.3, 0.4) is 0 Å². The van der Waals surface area contributed by atoms with E-state index in [1.807, 2.05) is 30.5 Å². The van der Waals surface area contributed by atoms with Gasteiger partial charge >= 0.3 is 0 Å². The molecule has 0 aliphatic heterocycles. The van der Waals surface area contributed by atoms with Crippen molar-refractivity contribution in [1.82, 2.24) is 25.0 Å². The van der Waals surface area contributed by atoms with Crippen LogP contribution in [0.25, 0.3) is 0 Å². The van der Waals surface area contributed by atoms with Crippen LogP contribution in [0.15, 0.2) is 36.0 Å². The van der Waals surface area contributed by atoms with Crippen molar-refractivity contribution in [3.05, 3.63) is 52.8 Å². The van der Waals surface area contributed by atoms with E-state index in [2.05, 4.69) is 45.3 Å². The summed E-state index contributed by atoms with van der Waals surface area (Å²) in [7, 11) is 0. The first-order valence-electron chi connectivity index (χ1n) is 9.98. The fraction of sp³-hybridized carbons (Fsp3) is 0.381. The SMILES string of the molecule is C=CCn1c(COc2cc(C)ccc2C)nnc1SCC(=O)Nc1nnc(CCC)s1. The Kier molecular flexibility index (Phi) is 8.19. The number of anilines is 1. The lowest BCUT2D eigenvalue weighted by molar-refractivity contribution is -0.113. The molecule has 0 spiro atoms. The number of aromatic nitrogens is 5. The molecule has 0 atom stereocenters. The quantitative estimate of drug-likeness (QED) is 0.340. The standard InChI is InChI=1S/C21H26N6O2S2/c1-5-7-19-24-25-20(31-19)22-18(28)13-30-21-26-23-17(27(21)10-6-2)12-29-16-11-14(3)8-9-15(16)4/h6,8-9,11H,2,5,7,10,12-13H2,1,3-4H3,(H,22,25,28). The maximum Gasteiger partial charge on any atom is 0.236 e. The van der Waals surface area contributed by atoms with Gasteiger partial charge in [0.1, 0.15) is 17.4 Å². The second kappa shape index (κ2) is 11.1. The second-order valence-corrected chi connectivity index (χ2v) is 8.95. The summed E-state index contributed by atoms with van der Waals surface area (Å²) in [6, 6.07) is 6.08. The summed E-state index contributed by atoms with van der Waals surface area (Å²) in [4.78, 5) is 12.3. The van der Waals surface area contributed by atoms with E-state index in [1.54, 1.807) is 6.08 Å². The Morgan fingerprint density at radius 3 is 2.90 bits per heavy atom. The van der Waals surface area contributed by atoms with Crippen LogP contribution in [-0.2, 0) is 24.4 Å². The summed E-state index contributed by atoms with van der Waals surface area (Å²) in [5.74, 6) is 1.53. The van der Waals surface area contributed by atoms with Crippen LogP contribution >= 0.6 is 23.1 Å². The maximum absolute atomic E-state index is 12.3. The lowest BCUT2D eigenvalue weighted by Gasteiger charge is -2.11. The molecule has 0 unspecified atom stereocenters. The summed E-state index contributed by atoms with van der Waals surface area (Å²) in [5, 5.41) is 21.4. The molecule has 0 fully saturated rings. The predicted molar refractivity (Wildman–Crippen MR) is 124 cm³/mol. The average molecular weight is 459 g/mol. The molecule has 2 aromatic heterocycles. The van der Waals surface area contributed by atoms with Crippen molar-refractivity contribution in [2.45, 2.75) is 51.9 Å². The average Bonchev–Trinajstić information content (AvgIpc) is 3.34. The van der Waals surface area contributed by atoms with Crippen LogP contribution in [0.1, 0.15) is 35.3 Å². The van der Waals surface area contributed by atoms with Gasteiger partial charge in [-0.1, -0.05) is 48.2 Å². The van der Waals surface area contributed by atoms with Crippen molar-refractivity contribution in [2.24, 2.45) is 0 Å². The molecule has 164 valence electrons. The van der Waals surface area contributed by atoms with Crippen LogP contribution in [0.4, 0.5) is 5.13 Å². The van der Waals surface area contributed by atoms with Crippen molar-refractivity contribution >= 4 is 34.1 Å². The van der Waals surface area contributed by atoms with E-state index >= 15 is 0 Å². The maximum atomic E-state index is 12.3. The van der Waals surface area contributed by atoms with Gasteiger partial charge in [0, 0.05) is 13.0 Å². The number of ether oxygens (including phenoxy) is 1. The highest BCUT2D eigenvalue weighted by Crippen LogP contribution is 2.23. The van der Waals surface area contributed by atoms with Crippen LogP contribution in [0.2, 0.25) is 0 Å². The predicted octanol–water partition coefficient (Wildman–Crippen LogP) is 4.19. The molecular formula is C21H26N6O2S2. The first-order valence-corrected chi connectivity index (χ1v) is 11.8. The number of carbonyl (C=O) groups is 1. The number of aryl methyl sites for hydroxylation is 3. The lowest BCUT2D eigenvalue weighted by atomic mass is 10.1. The molecule has 10 heteroatoms. The molecule has 1 N–H and O–H groups in total. The van der Waals surface area contributed by atoms with Gasteiger partial charge in [-0.15, -0.1) is 27.0 Å². The Morgan fingerprint density at radius 1 is 1.29 bits per heavy atom. The third-order valence-electron chi connectivity index (χ3n) is 4.31. The van der Waals surface area contributed by atoms with Crippen LogP contribution in [0, 0.1) is 13.8 Å². The Bertz CT molecular complexity index is 1050. The molecule has 1 amide bonds. The molecule has 0 aliphatic carbocycles. The van der Waals surface area contributed by atoms with E-state index in [0.717, 1.165) is 34.7 Å². The minimum atomic E-state index is -0.162. The van der Waals surface area contributed by atoms with Crippen molar-refractivity contribution in [2.75, 3.05) is 11.1 Å². The molecule has 0 radical (unpaired) electrons. The van der Waals surface area contributed by atoms with Gasteiger partial charge < -0.3 is 4.74 Å². The smallest absolute Gasteiger partial charge is 0.236 e. The first kappa shape index (κ1) is 23.0. The number of thioether (sulfide) groups is 1. The summed E-state index contributed by atoms with van der Waals surface area (Å²) in [6.45, 7) is 10.7. The zero-order valence-corrected chi connectivity index (χ0v) is 19.6. The normalized spacial score (nSPS) is 10.8. The zero-order valence-electron chi connectivity index (χ0n) is 17.9. The number of hydrogen-bond donors (Lipinski definition) is 1. The van der Waals surface area contributed by atoms with Gasteiger partial charge in [-0.25, -0.2) is 0 Å². The molecule has 2 heterocycles. The molecule has 31 heavy (non-hydrogen) atoms. The number of rotatable bonds is 11. The van der Waals surface area contributed by atoms with E-state index in [1.165, 1.54) is 23.1 Å². The van der Waals surface area contributed by atoms with E-state index < -0.39 is 0 Å². The highest BCUT2D eigenvalue weighted by molar-refractivity contribution is 7.99. The fourth-order valence-corrected chi connectivity index (χ4v) is 4.38. The molecule has 8 nitrogen and oxygen atoms in total. The fourth-order valence-electron chi connectivity index (χ4n) is 2.75. The van der Waals surface area contributed by atoms with E-state index in [4.69, 9.17) is 4.74 Å². The first-order chi connectivity index (χ1) is 15.0. The Morgan fingerprint density at radius 2 is 2.13 bits per heavy atom. The number of allylic oxidation sites excluding steroid dienone is 1. The number of nitrogens with zero attached hydrogens (tertiary/aromatic N) is 5. The molecule has 0 saturated heterocycles. The van der Waals surface area contributed by atoms with Gasteiger partial charge in [0.15, 0.2) is 11.0 Å². The zero-order chi connectivity index (χ0) is 22.2. The molecule has 1 aromatic carbocycles. The monoisotopic (exact) mass is 458 g/mol. The summed E-state index contributed by atoms with van der Waals surface area (Å²) < 4.78 is 7.87. The number of amides is 1. The van der Waals surface area contributed by atoms with Gasteiger partial charge in [0.05, 0.1) is 5.75 Å². The summed E-state index contributed by atoms with van der Waals surface area (Å²) >= 11 is 2.71. The van der Waals surface area contributed by atoms with E-state index in [0.29, 0.717) is 22.7 Å². The Labute approximate surface area is 190 Å². The van der Waals surface area contributed by atoms with Gasteiger partial charge in [0.2, 0.25) is 11.0 Å². The second-order valence-electron chi connectivity index (χ2n) is 6.94. The summed E-state index contributed by atoms with van der Waals surface area (Å²) in [6.07, 6.45) is 3.62. The molecule has 0 aliphatic rings. The van der Waals surface area contributed by atoms with Crippen LogP contribution < -0.4 is 10.1 Å². The minimum absolute atomic E-state index is 0.162. The van der Waals surface area contributed by atoms with Crippen molar-refractivity contribution < 1.29 is 9.53 Å². The number of carbonyl (C=O) groups excluding carboxylic acids is 1. The van der Waals surface area contributed by atoms with Crippen molar-refractivity contribution in [3.8, 4) is 5.75 Å². The Hall–Kier alpha value is -2.72. The Balaban J connectivity index is 1.60. The van der Waals surface area contributed by atoms with Crippen molar-refractivity contribution in [3.63, 3.8) is 0 Å². The van der Waals surface area contributed by atoms with E-state index in [-0.39, 0.29) is 18.3 Å². The van der Waals surface area contributed by atoms with Gasteiger partial charge in [-0.2, -0.15) is 0 Å². The van der Waals surface area contributed by atoms with Crippen LogP contribution in [-0.4, -0.2) is 36.6 Å². The molecule has 3 rings (SSSR count). The van der Waals surface area contributed by atoms with Gasteiger partial charge in [-0.3, -0.25) is 14.7 Å². The topological polar surface area (TPSA) is 94.8 Å². The molecule has 0 bridgehead atoms. The van der Waals surface area contributed by atoms with E-state index in [9.17, 15) is 4.79 Å². The molecular weight excluding hydrogens is 432 g/mol. The van der Waals surface area contributed by atoms with Gasteiger partial charge in [-0.05, 0) is 37.5 Å².